The summed E-state index contributed by atoms with van der Waals surface area (Å²) in [6.07, 6.45) is 1.46. The first-order chi connectivity index (χ1) is 16.9. The molecule has 1 unspecified atom stereocenters. The van der Waals surface area contributed by atoms with Crippen molar-refractivity contribution in [3.8, 4) is 5.75 Å². The maximum absolute atomic E-state index is 13.2. The Morgan fingerprint density at radius 3 is 2.60 bits per heavy atom. The van der Waals surface area contributed by atoms with E-state index in [4.69, 9.17) is 9.47 Å². The maximum atomic E-state index is 13.2. The highest BCUT2D eigenvalue weighted by Crippen LogP contribution is 2.31. The van der Waals surface area contributed by atoms with Crippen LogP contribution in [0.15, 0.2) is 66.1 Å². The molecule has 1 aliphatic heterocycles. The number of hydrogen-bond donors (Lipinski definition) is 1. The summed E-state index contributed by atoms with van der Waals surface area (Å²) in [5.74, 6) is 0.331. The Morgan fingerprint density at radius 2 is 1.91 bits per heavy atom. The van der Waals surface area contributed by atoms with Crippen molar-refractivity contribution in [2.45, 2.75) is 39.3 Å². The molecule has 1 heterocycles. The number of rotatable bonds is 11. The molecule has 2 aromatic carbocycles. The highest BCUT2D eigenvalue weighted by atomic mass is 32.2. The largest absolute Gasteiger partial charge is 0.491 e. The van der Waals surface area contributed by atoms with Crippen molar-refractivity contribution in [3.63, 3.8) is 0 Å². The van der Waals surface area contributed by atoms with E-state index in [0.29, 0.717) is 44.0 Å². The molecule has 1 saturated heterocycles. The van der Waals surface area contributed by atoms with Gasteiger partial charge in [0.25, 0.3) is 5.91 Å². The van der Waals surface area contributed by atoms with Gasteiger partial charge < -0.3 is 19.7 Å². The number of carbonyl (C=O) groups excluding carboxylic acids is 2. The number of allylic oxidation sites excluding steroid dienone is 1. The number of ether oxygens (including phenoxy) is 2. The van der Waals surface area contributed by atoms with Gasteiger partial charge in [0.15, 0.2) is 0 Å². The van der Waals surface area contributed by atoms with E-state index in [9.17, 15) is 9.59 Å². The van der Waals surface area contributed by atoms with Gasteiger partial charge in [0.2, 0.25) is 5.91 Å². The lowest BCUT2D eigenvalue weighted by Crippen LogP contribution is -2.45. The lowest BCUT2D eigenvalue weighted by atomic mass is 10.1. The molecule has 0 radical (unpaired) electrons. The standard InChI is InChI=1S/C28H34N2O4S/c1-5-35-26(20(2)3)22-13-11-21(12-14-22)19-29-27(31)25-10-7-15-30(25)28(32)23-8-6-9-24(18-23)34-17-16-33-4/h5-6,8-9,11-14,18,25H,1,7,10,15-17,19H2,2-4H3,(H,29,31). The summed E-state index contributed by atoms with van der Waals surface area (Å²) in [6, 6.07) is 14.8. The van der Waals surface area contributed by atoms with Crippen molar-refractivity contribution in [1.82, 2.24) is 10.2 Å². The van der Waals surface area contributed by atoms with Gasteiger partial charge in [-0.05, 0) is 61.4 Å². The van der Waals surface area contributed by atoms with Crippen LogP contribution in [-0.4, -0.2) is 49.6 Å². The first-order valence-corrected chi connectivity index (χ1v) is 12.7. The molecule has 0 bridgehead atoms. The second-order valence-electron chi connectivity index (χ2n) is 8.55. The molecule has 0 aromatic heterocycles. The molecule has 1 atom stereocenters. The second kappa shape index (κ2) is 13.2. The average molecular weight is 495 g/mol. The molecule has 1 N–H and O–H groups in total. The topological polar surface area (TPSA) is 67.9 Å². The summed E-state index contributed by atoms with van der Waals surface area (Å²) in [7, 11) is 1.61. The minimum absolute atomic E-state index is 0.125. The van der Waals surface area contributed by atoms with Crippen LogP contribution in [0, 0.1) is 0 Å². The van der Waals surface area contributed by atoms with Crippen molar-refractivity contribution < 1.29 is 19.1 Å². The fourth-order valence-corrected chi connectivity index (χ4v) is 4.72. The highest BCUT2D eigenvalue weighted by Gasteiger charge is 2.34. The smallest absolute Gasteiger partial charge is 0.254 e. The Bertz CT molecular complexity index is 1060. The van der Waals surface area contributed by atoms with E-state index in [0.717, 1.165) is 17.5 Å². The van der Waals surface area contributed by atoms with Crippen LogP contribution in [0.1, 0.15) is 48.2 Å². The number of hydrogen-bond acceptors (Lipinski definition) is 5. The number of likely N-dealkylation sites (tertiary alicyclic amines) is 1. The van der Waals surface area contributed by atoms with Crippen LogP contribution in [0.4, 0.5) is 0 Å². The minimum atomic E-state index is -0.471. The third-order valence-electron chi connectivity index (χ3n) is 5.79. The van der Waals surface area contributed by atoms with E-state index in [1.54, 1.807) is 42.0 Å². The minimum Gasteiger partial charge on any atom is -0.491 e. The molecule has 2 amide bonds. The van der Waals surface area contributed by atoms with Gasteiger partial charge in [-0.15, -0.1) is 0 Å². The van der Waals surface area contributed by atoms with Crippen molar-refractivity contribution >= 4 is 28.5 Å². The second-order valence-corrected chi connectivity index (χ2v) is 9.53. The molecule has 35 heavy (non-hydrogen) atoms. The summed E-state index contributed by atoms with van der Waals surface area (Å²) < 4.78 is 10.6. The zero-order valence-electron chi connectivity index (χ0n) is 20.7. The highest BCUT2D eigenvalue weighted by molar-refractivity contribution is 8.10. The molecule has 3 rings (SSSR count). The summed E-state index contributed by atoms with van der Waals surface area (Å²) >= 11 is 1.61. The van der Waals surface area contributed by atoms with Crippen LogP contribution in [0.5, 0.6) is 5.75 Å². The molecule has 2 aromatic rings. The normalized spacial score (nSPS) is 14.9. The van der Waals surface area contributed by atoms with E-state index >= 15 is 0 Å². The number of nitrogens with zero attached hydrogens (tertiary/aromatic N) is 1. The summed E-state index contributed by atoms with van der Waals surface area (Å²) in [6.45, 7) is 9.84. The van der Waals surface area contributed by atoms with Crippen LogP contribution in [0.2, 0.25) is 0 Å². The van der Waals surface area contributed by atoms with E-state index in [2.05, 4.69) is 37.9 Å². The monoisotopic (exact) mass is 494 g/mol. The van der Waals surface area contributed by atoms with E-state index in [-0.39, 0.29) is 11.8 Å². The van der Waals surface area contributed by atoms with Crippen molar-refractivity contribution in [3.05, 3.63) is 82.8 Å². The van der Waals surface area contributed by atoms with Gasteiger partial charge in [-0.2, -0.15) is 0 Å². The molecule has 7 heteroatoms. The van der Waals surface area contributed by atoms with E-state index in [1.165, 1.54) is 10.5 Å². The van der Waals surface area contributed by atoms with Gasteiger partial charge in [0.1, 0.15) is 18.4 Å². The lowest BCUT2D eigenvalue weighted by Gasteiger charge is -2.24. The summed E-state index contributed by atoms with van der Waals surface area (Å²) in [4.78, 5) is 29.0. The van der Waals surface area contributed by atoms with Crippen LogP contribution in [-0.2, 0) is 16.1 Å². The fourth-order valence-electron chi connectivity index (χ4n) is 4.05. The Morgan fingerprint density at radius 1 is 1.14 bits per heavy atom. The molecule has 1 aliphatic rings. The van der Waals surface area contributed by atoms with Crippen molar-refractivity contribution in [1.29, 1.82) is 0 Å². The molecular formula is C28H34N2O4S. The number of benzene rings is 2. The van der Waals surface area contributed by atoms with Crippen molar-refractivity contribution in [2.24, 2.45) is 0 Å². The quantitative estimate of drug-likeness (QED) is 0.432. The fraction of sp³-hybridized carbons (Fsp3) is 0.357. The third kappa shape index (κ3) is 7.23. The summed E-state index contributed by atoms with van der Waals surface area (Å²) in [5.41, 5.74) is 3.89. The van der Waals surface area contributed by atoms with Gasteiger partial charge in [0, 0.05) is 30.7 Å². The van der Waals surface area contributed by atoms with Gasteiger partial charge in [-0.3, -0.25) is 9.59 Å². The summed E-state index contributed by atoms with van der Waals surface area (Å²) in [5, 5.41) is 4.84. The molecular weight excluding hydrogens is 460 g/mol. The van der Waals surface area contributed by atoms with Gasteiger partial charge >= 0.3 is 0 Å². The van der Waals surface area contributed by atoms with E-state index in [1.807, 2.05) is 23.6 Å². The molecule has 6 nitrogen and oxygen atoms in total. The Kier molecular flexibility index (Phi) is 9.99. The first kappa shape index (κ1) is 26.6. The third-order valence-corrected chi connectivity index (χ3v) is 6.84. The zero-order valence-corrected chi connectivity index (χ0v) is 21.5. The van der Waals surface area contributed by atoms with Crippen LogP contribution in [0.25, 0.3) is 4.91 Å². The lowest BCUT2D eigenvalue weighted by molar-refractivity contribution is -0.125. The van der Waals surface area contributed by atoms with Crippen molar-refractivity contribution in [2.75, 3.05) is 26.9 Å². The van der Waals surface area contributed by atoms with Gasteiger partial charge in [-0.25, -0.2) is 0 Å². The Balaban J connectivity index is 1.61. The SMILES string of the molecule is C=CSC(=C(C)C)c1ccc(CNC(=O)C2CCCN2C(=O)c2cccc(OCCOC)c2)cc1. The number of nitrogens with one attached hydrogen (secondary N) is 1. The number of thioether (sulfide) groups is 1. The predicted octanol–water partition coefficient (Wildman–Crippen LogP) is 5.26. The van der Waals surface area contributed by atoms with Crippen LogP contribution < -0.4 is 10.1 Å². The maximum Gasteiger partial charge on any atom is 0.254 e. The number of carbonyl (C=O) groups is 2. The Hall–Kier alpha value is -3.03. The van der Waals surface area contributed by atoms with Crippen LogP contribution >= 0.6 is 11.8 Å². The van der Waals surface area contributed by atoms with E-state index < -0.39 is 6.04 Å². The zero-order chi connectivity index (χ0) is 25.2. The van der Waals surface area contributed by atoms with Gasteiger partial charge in [0.05, 0.1) is 6.61 Å². The molecule has 0 saturated carbocycles. The number of amides is 2. The molecule has 0 spiro atoms. The number of methoxy groups -OCH3 is 1. The molecule has 0 aliphatic carbocycles. The average Bonchev–Trinajstić information content (AvgIpc) is 3.36. The first-order valence-electron chi connectivity index (χ1n) is 11.8. The predicted molar refractivity (Wildman–Crippen MR) is 142 cm³/mol. The van der Waals surface area contributed by atoms with Gasteiger partial charge in [-0.1, -0.05) is 54.2 Å². The molecule has 1 fully saturated rings. The molecule has 186 valence electrons. The van der Waals surface area contributed by atoms with Crippen LogP contribution in [0.3, 0.4) is 0 Å². The Labute approximate surface area is 212 Å².